The summed E-state index contributed by atoms with van der Waals surface area (Å²) in [5, 5.41) is 5.95. The molecule has 0 aliphatic rings. The van der Waals surface area contributed by atoms with Crippen molar-refractivity contribution in [1.82, 2.24) is 9.97 Å². The number of aromatic nitrogens is 2. The van der Waals surface area contributed by atoms with E-state index in [9.17, 15) is 4.79 Å². The molecule has 0 saturated carbocycles. The number of amides is 1. The second-order valence-corrected chi connectivity index (χ2v) is 5.82. The van der Waals surface area contributed by atoms with Crippen molar-refractivity contribution in [3.8, 4) is 0 Å². The van der Waals surface area contributed by atoms with Gasteiger partial charge in [-0.25, -0.2) is 9.97 Å². The molecule has 0 saturated heterocycles. The first-order valence-corrected chi connectivity index (χ1v) is 7.45. The smallest absolute Gasteiger partial charge is 0.275 e. The Hall–Kier alpha value is -2.43. The average molecular weight is 298 g/mol. The summed E-state index contributed by atoms with van der Waals surface area (Å²) in [6.07, 6.45) is 3.04. The number of hydrogen-bond donors (Lipinski definition) is 2. The van der Waals surface area contributed by atoms with Gasteiger partial charge in [-0.05, 0) is 37.5 Å². The van der Waals surface area contributed by atoms with Crippen molar-refractivity contribution in [1.29, 1.82) is 0 Å². The lowest BCUT2D eigenvalue weighted by Crippen LogP contribution is -2.16. The second kappa shape index (κ2) is 7.02. The second-order valence-electron chi connectivity index (χ2n) is 5.82. The first kappa shape index (κ1) is 15.9. The molecule has 0 aliphatic heterocycles. The van der Waals surface area contributed by atoms with Crippen molar-refractivity contribution in [3.63, 3.8) is 0 Å². The molecule has 0 unspecified atom stereocenters. The van der Waals surface area contributed by atoms with Gasteiger partial charge in [0.1, 0.15) is 11.5 Å². The van der Waals surface area contributed by atoms with E-state index in [0.29, 0.717) is 17.4 Å². The van der Waals surface area contributed by atoms with Crippen LogP contribution in [0.15, 0.2) is 36.7 Å². The summed E-state index contributed by atoms with van der Waals surface area (Å²) in [7, 11) is 0. The number of carbonyl (C=O) groups excluding carboxylic acids is 1. The average Bonchev–Trinajstić information content (AvgIpc) is 2.48. The van der Waals surface area contributed by atoms with Crippen molar-refractivity contribution in [2.45, 2.75) is 39.7 Å². The zero-order valence-corrected chi connectivity index (χ0v) is 13.4. The van der Waals surface area contributed by atoms with Crippen molar-refractivity contribution in [3.05, 3.63) is 47.9 Å². The van der Waals surface area contributed by atoms with Gasteiger partial charge in [0.05, 0.1) is 12.4 Å². The van der Waals surface area contributed by atoms with Gasteiger partial charge in [-0.1, -0.05) is 26.0 Å². The highest BCUT2D eigenvalue weighted by Crippen LogP contribution is 2.17. The van der Waals surface area contributed by atoms with Gasteiger partial charge in [0.15, 0.2) is 0 Å². The normalized spacial score (nSPS) is 10.8. The monoisotopic (exact) mass is 298 g/mol. The van der Waals surface area contributed by atoms with Crippen LogP contribution in [0.25, 0.3) is 0 Å². The van der Waals surface area contributed by atoms with Crippen LogP contribution in [0.3, 0.4) is 0 Å². The fraction of sp³-hybridized carbons (Fsp3) is 0.353. The lowest BCUT2D eigenvalue weighted by molar-refractivity contribution is 0.102. The molecule has 5 heteroatoms. The topological polar surface area (TPSA) is 66.9 Å². The third kappa shape index (κ3) is 4.28. The van der Waals surface area contributed by atoms with Gasteiger partial charge in [-0.15, -0.1) is 0 Å². The quantitative estimate of drug-likeness (QED) is 0.883. The number of rotatable bonds is 5. The number of benzene rings is 1. The summed E-state index contributed by atoms with van der Waals surface area (Å²) in [4.78, 5) is 20.5. The van der Waals surface area contributed by atoms with Crippen molar-refractivity contribution < 1.29 is 4.79 Å². The fourth-order valence-corrected chi connectivity index (χ4v) is 1.96. The molecular formula is C17H22N4O. The molecule has 0 radical (unpaired) electrons. The summed E-state index contributed by atoms with van der Waals surface area (Å²) in [6.45, 7) is 8.30. The van der Waals surface area contributed by atoms with Gasteiger partial charge >= 0.3 is 0 Å². The molecule has 2 N–H and O–H groups in total. The Morgan fingerprint density at radius 2 is 1.68 bits per heavy atom. The van der Waals surface area contributed by atoms with E-state index >= 15 is 0 Å². The lowest BCUT2D eigenvalue weighted by atomic mass is 10.0. The fourth-order valence-electron chi connectivity index (χ4n) is 1.96. The third-order valence-electron chi connectivity index (χ3n) is 3.16. The third-order valence-corrected chi connectivity index (χ3v) is 3.16. The van der Waals surface area contributed by atoms with E-state index in [1.54, 1.807) is 6.20 Å². The maximum absolute atomic E-state index is 12.1. The van der Waals surface area contributed by atoms with E-state index in [0.717, 1.165) is 5.69 Å². The molecule has 5 nitrogen and oxygen atoms in total. The Labute approximate surface area is 131 Å². The summed E-state index contributed by atoms with van der Waals surface area (Å²) in [5.41, 5.74) is 2.28. The summed E-state index contributed by atoms with van der Waals surface area (Å²) >= 11 is 0. The van der Waals surface area contributed by atoms with Gasteiger partial charge in [0, 0.05) is 11.7 Å². The van der Waals surface area contributed by atoms with Crippen LogP contribution in [0, 0.1) is 0 Å². The van der Waals surface area contributed by atoms with Crippen LogP contribution in [0.4, 0.5) is 11.5 Å². The van der Waals surface area contributed by atoms with E-state index in [1.807, 2.05) is 38.1 Å². The highest BCUT2D eigenvalue weighted by atomic mass is 16.1. The number of nitrogens with zero attached hydrogens (tertiary/aromatic N) is 2. The molecular weight excluding hydrogens is 276 g/mol. The minimum Gasteiger partial charge on any atom is -0.367 e. The van der Waals surface area contributed by atoms with E-state index in [1.165, 1.54) is 11.8 Å². The standard InChI is InChI=1S/C17H22N4O/c1-11(2)13-5-7-14(8-6-13)21-17(22)15-9-19-16(10-18-15)20-12(3)4/h5-12H,1-4H3,(H,19,20)(H,21,22). The maximum atomic E-state index is 12.1. The van der Waals surface area contributed by atoms with E-state index in [-0.39, 0.29) is 11.9 Å². The Morgan fingerprint density at radius 1 is 1.00 bits per heavy atom. The largest absolute Gasteiger partial charge is 0.367 e. The molecule has 22 heavy (non-hydrogen) atoms. The highest BCUT2D eigenvalue weighted by molar-refractivity contribution is 6.02. The first-order chi connectivity index (χ1) is 10.5. The number of nitrogens with one attached hydrogen (secondary N) is 2. The number of anilines is 2. The summed E-state index contributed by atoms with van der Waals surface area (Å²) in [6, 6.07) is 8.10. The predicted molar refractivity (Wildman–Crippen MR) is 89.3 cm³/mol. The van der Waals surface area contributed by atoms with Gasteiger partial charge in [0.25, 0.3) is 5.91 Å². The Bertz CT molecular complexity index is 618. The number of hydrogen-bond acceptors (Lipinski definition) is 4. The molecule has 0 spiro atoms. The molecule has 0 bridgehead atoms. The molecule has 116 valence electrons. The predicted octanol–water partition coefficient (Wildman–Crippen LogP) is 3.67. The van der Waals surface area contributed by atoms with Gasteiger partial charge in [0.2, 0.25) is 0 Å². The van der Waals surface area contributed by atoms with E-state index in [4.69, 9.17) is 0 Å². The van der Waals surface area contributed by atoms with Crippen LogP contribution in [-0.4, -0.2) is 21.9 Å². The molecule has 1 heterocycles. The van der Waals surface area contributed by atoms with Gasteiger partial charge in [-0.3, -0.25) is 4.79 Å². The summed E-state index contributed by atoms with van der Waals surface area (Å²) in [5.74, 6) is 0.866. The molecule has 1 aromatic heterocycles. The van der Waals surface area contributed by atoms with Crippen molar-refractivity contribution in [2.75, 3.05) is 10.6 Å². The minimum absolute atomic E-state index is 0.263. The SMILES string of the molecule is CC(C)Nc1cnc(C(=O)Nc2ccc(C(C)C)cc2)cn1. The van der Waals surface area contributed by atoms with Crippen LogP contribution in [0.1, 0.15) is 49.7 Å². The van der Waals surface area contributed by atoms with Gasteiger partial charge in [-0.2, -0.15) is 0 Å². The zero-order valence-electron chi connectivity index (χ0n) is 13.4. The molecule has 0 fully saturated rings. The molecule has 2 rings (SSSR count). The van der Waals surface area contributed by atoms with E-state index < -0.39 is 0 Å². The number of carbonyl (C=O) groups is 1. The molecule has 1 amide bonds. The Morgan fingerprint density at radius 3 is 2.18 bits per heavy atom. The minimum atomic E-state index is -0.263. The van der Waals surface area contributed by atoms with Crippen molar-refractivity contribution >= 4 is 17.4 Å². The van der Waals surface area contributed by atoms with Crippen molar-refractivity contribution in [2.24, 2.45) is 0 Å². The Balaban J connectivity index is 2.02. The lowest BCUT2D eigenvalue weighted by Gasteiger charge is -2.10. The molecule has 1 aromatic carbocycles. The maximum Gasteiger partial charge on any atom is 0.275 e. The molecule has 0 atom stereocenters. The first-order valence-electron chi connectivity index (χ1n) is 7.45. The van der Waals surface area contributed by atoms with Crippen LogP contribution < -0.4 is 10.6 Å². The van der Waals surface area contributed by atoms with E-state index in [2.05, 4.69) is 34.4 Å². The molecule has 2 aromatic rings. The molecule has 0 aliphatic carbocycles. The highest BCUT2D eigenvalue weighted by Gasteiger charge is 2.09. The van der Waals surface area contributed by atoms with Crippen LogP contribution in [0.5, 0.6) is 0 Å². The van der Waals surface area contributed by atoms with Crippen LogP contribution >= 0.6 is 0 Å². The van der Waals surface area contributed by atoms with Gasteiger partial charge < -0.3 is 10.6 Å². The zero-order chi connectivity index (χ0) is 16.1. The van der Waals surface area contributed by atoms with Crippen LogP contribution in [0.2, 0.25) is 0 Å². The summed E-state index contributed by atoms with van der Waals surface area (Å²) < 4.78 is 0. The van der Waals surface area contributed by atoms with Crippen LogP contribution in [-0.2, 0) is 0 Å². The Kier molecular flexibility index (Phi) is 5.09.